The van der Waals surface area contributed by atoms with Crippen molar-refractivity contribution >= 4 is 33.6 Å². The van der Waals surface area contributed by atoms with Crippen LogP contribution >= 0.6 is 27.7 Å². The van der Waals surface area contributed by atoms with Crippen molar-refractivity contribution in [1.29, 1.82) is 0 Å². The number of nitrogens with one attached hydrogen (secondary N) is 1. The third-order valence-electron chi connectivity index (χ3n) is 2.83. The quantitative estimate of drug-likeness (QED) is 0.780. The van der Waals surface area contributed by atoms with Crippen molar-refractivity contribution in [2.24, 2.45) is 0 Å². The minimum Gasteiger partial charge on any atom is -0.355 e. The molecule has 0 radical (unpaired) electrons. The van der Waals surface area contributed by atoms with E-state index in [2.05, 4.69) is 21.2 Å². The first kappa shape index (κ1) is 16.0. The van der Waals surface area contributed by atoms with Crippen molar-refractivity contribution in [2.75, 3.05) is 12.3 Å². The van der Waals surface area contributed by atoms with Crippen molar-refractivity contribution in [3.05, 3.63) is 64.4 Å². The molecule has 0 spiro atoms. The van der Waals surface area contributed by atoms with Gasteiger partial charge in [-0.2, -0.15) is 0 Å². The van der Waals surface area contributed by atoms with Gasteiger partial charge in [-0.25, -0.2) is 4.39 Å². The molecule has 0 aromatic heterocycles. The lowest BCUT2D eigenvalue weighted by Crippen LogP contribution is -2.27. The summed E-state index contributed by atoms with van der Waals surface area (Å²) < 4.78 is 13.8. The maximum Gasteiger partial charge on any atom is 0.230 e. The van der Waals surface area contributed by atoms with Gasteiger partial charge in [0.25, 0.3) is 0 Å². The third-order valence-corrected chi connectivity index (χ3v) is 4.37. The van der Waals surface area contributed by atoms with E-state index in [4.69, 9.17) is 0 Å². The molecule has 21 heavy (non-hydrogen) atoms. The van der Waals surface area contributed by atoms with Gasteiger partial charge in [0.05, 0.1) is 5.75 Å². The molecule has 2 aromatic carbocycles. The van der Waals surface area contributed by atoms with Crippen molar-refractivity contribution in [3.8, 4) is 0 Å². The van der Waals surface area contributed by atoms with E-state index < -0.39 is 0 Å². The molecule has 0 bridgehead atoms. The van der Waals surface area contributed by atoms with Crippen LogP contribution in [0.25, 0.3) is 0 Å². The number of benzene rings is 2. The number of thioether (sulfide) groups is 1. The minimum atomic E-state index is -0.242. The Hall–Kier alpha value is -1.33. The van der Waals surface area contributed by atoms with E-state index in [9.17, 15) is 9.18 Å². The van der Waals surface area contributed by atoms with Gasteiger partial charge in [0.2, 0.25) is 5.91 Å². The highest BCUT2D eigenvalue weighted by Crippen LogP contribution is 2.20. The zero-order chi connectivity index (χ0) is 15.1. The molecule has 0 aliphatic rings. The fourth-order valence-electron chi connectivity index (χ4n) is 1.73. The standard InChI is InChI=1S/C16H15BrFNOS/c17-13-3-7-15(8-4-13)21-11-16(20)19-10-9-12-1-5-14(18)6-2-12/h1-8H,9-11H2,(H,19,20). The molecular formula is C16H15BrFNOS. The van der Waals surface area contributed by atoms with Gasteiger partial charge in [0.1, 0.15) is 5.82 Å². The molecule has 1 amide bonds. The average molecular weight is 368 g/mol. The van der Waals surface area contributed by atoms with E-state index in [0.29, 0.717) is 18.7 Å². The first-order valence-electron chi connectivity index (χ1n) is 6.53. The van der Waals surface area contributed by atoms with Crippen LogP contribution in [0.3, 0.4) is 0 Å². The summed E-state index contributed by atoms with van der Waals surface area (Å²) in [5, 5.41) is 2.86. The molecule has 0 saturated heterocycles. The van der Waals surface area contributed by atoms with E-state index in [-0.39, 0.29) is 11.7 Å². The topological polar surface area (TPSA) is 29.1 Å². The van der Waals surface area contributed by atoms with Gasteiger partial charge in [-0.1, -0.05) is 28.1 Å². The van der Waals surface area contributed by atoms with Crippen LogP contribution in [0.5, 0.6) is 0 Å². The number of carbonyl (C=O) groups excluding carboxylic acids is 1. The Labute approximate surface area is 136 Å². The SMILES string of the molecule is O=C(CSc1ccc(Br)cc1)NCCc1ccc(F)cc1. The molecule has 0 saturated carbocycles. The van der Waals surface area contributed by atoms with Crippen LogP contribution in [-0.4, -0.2) is 18.2 Å². The van der Waals surface area contributed by atoms with Gasteiger partial charge >= 0.3 is 0 Å². The number of hydrogen-bond donors (Lipinski definition) is 1. The second kappa shape index (κ2) is 8.20. The molecule has 0 unspecified atom stereocenters. The molecule has 0 atom stereocenters. The summed E-state index contributed by atoms with van der Waals surface area (Å²) in [5.41, 5.74) is 1.01. The fraction of sp³-hybridized carbons (Fsp3) is 0.188. The summed E-state index contributed by atoms with van der Waals surface area (Å²) in [6, 6.07) is 14.2. The van der Waals surface area contributed by atoms with Crippen LogP contribution in [-0.2, 0) is 11.2 Å². The molecule has 2 rings (SSSR count). The van der Waals surface area contributed by atoms with Gasteiger partial charge in [0, 0.05) is 15.9 Å². The van der Waals surface area contributed by atoms with Crippen LogP contribution in [0.4, 0.5) is 4.39 Å². The van der Waals surface area contributed by atoms with E-state index in [1.807, 2.05) is 24.3 Å². The number of halogens is 2. The van der Waals surface area contributed by atoms with E-state index in [0.717, 1.165) is 14.9 Å². The Bertz CT molecular complexity index is 586. The monoisotopic (exact) mass is 367 g/mol. The smallest absolute Gasteiger partial charge is 0.230 e. The molecule has 2 aromatic rings. The van der Waals surface area contributed by atoms with Gasteiger partial charge in [0.15, 0.2) is 0 Å². The van der Waals surface area contributed by atoms with E-state index in [1.165, 1.54) is 23.9 Å². The molecule has 0 aliphatic carbocycles. The molecule has 110 valence electrons. The van der Waals surface area contributed by atoms with E-state index >= 15 is 0 Å². The Balaban J connectivity index is 1.67. The van der Waals surface area contributed by atoms with E-state index in [1.54, 1.807) is 12.1 Å². The minimum absolute atomic E-state index is 0.00466. The maximum atomic E-state index is 12.7. The van der Waals surface area contributed by atoms with Gasteiger partial charge < -0.3 is 5.32 Å². The Morgan fingerprint density at radius 2 is 1.76 bits per heavy atom. The van der Waals surface area contributed by atoms with Crippen LogP contribution in [0.2, 0.25) is 0 Å². The maximum absolute atomic E-state index is 12.7. The largest absolute Gasteiger partial charge is 0.355 e. The second-order valence-electron chi connectivity index (χ2n) is 4.47. The number of amides is 1. The second-order valence-corrected chi connectivity index (χ2v) is 6.43. The zero-order valence-electron chi connectivity index (χ0n) is 11.3. The van der Waals surface area contributed by atoms with Gasteiger partial charge in [-0.05, 0) is 48.4 Å². The first-order chi connectivity index (χ1) is 10.1. The molecule has 0 aliphatic heterocycles. The third kappa shape index (κ3) is 5.89. The normalized spacial score (nSPS) is 10.4. The number of carbonyl (C=O) groups is 1. The lowest BCUT2D eigenvalue weighted by molar-refractivity contribution is -0.118. The lowest BCUT2D eigenvalue weighted by Gasteiger charge is -2.05. The van der Waals surface area contributed by atoms with Crippen molar-refractivity contribution in [1.82, 2.24) is 5.32 Å². The molecule has 1 N–H and O–H groups in total. The van der Waals surface area contributed by atoms with Crippen LogP contribution < -0.4 is 5.32 Å². The van der Waals surface area contributed by atoms with Crippen molar-refractivity contribution < 1.29 is 9.18 Å². The number of rotatable bonds is 6. The van der Waals surface area contributed by atoms with Crippen LogP contribution in [0, 0.1) is 5.82 Å². The predicted molar refractivity (Wildman–Crippen MR) is 88.0 cm³/mol. The zero-order valence-corrected chi connectivity index (χ0v) is 13.7. The van der Waals surface area contributed by atoms with Crippen LogP contribution in [0.1, 0.15) is 5.56 Å². The van der Waals surface area contributed by atoms with Gasteiger partial charge in [-0.15, -0.1) is 11.8 Å². The van der Waals surface area contributed by atoms with Crippen molar-refractivity contribution in [2.45, 2.75) is 11.3 Å². The highest BCUT2D eigenvalue weighted by molar-refractivity contribution is 9.10. The molecule has 0 heterocycles. The molecule has 5 heteroatoms. The highest BCUT2D eigenvalue weighted by atomic mass is 79.9. The molecule has 0 fully saturated rings. The molecular weight excluding hydrogens is 353 g/mol. The Morgan fingerprint density at radius 3 is 2.43 bits per heavy atom. The summed E-state index contributed by atoms with van der Waals surface area (Å²) in [7, 11) is 0. The Kier molecular flexibility index (Phi) is 6.26. The summed E-state index contributed by atoms with van der Waals surface area (Å²) in [4.78, 5) is 12.8. The lowest BCUT2D eigenvalue weighted by atomic mass is 10.1. The summed E-state index contributed by atoms with van der Waals surface area (Å²) in [6.45, 7) is 0.561. The highest BCUT2D eigenvalue weighted by Gasteiger charge is 2.03. The summed E-state index contributed by atoms with van der Waals surface area (Å²) in [5.74, 6) is 0.157. The summed E-state index contributed by atoms with van der Waals surface area (Å²) >= 11 is 4.88. The molecule has 2 nitrogen and oxygen atoms in total. The predicted octanol–water partition coefficient (Wildman–Crippen LogP) is 4.04. The Morgan fingerprint density at radius 1 is 1.10 bits per heavy atom. The first-order valence-corrected chi connectivity index (χ1v) is 8.31. The number of hydrogen-bond acceptors (Lipinski definition) is 2. The average Bonchev–Trinajstić information content (AvgIpc) is 2.49. The summed E-state index contributed by atoms with van der Waals surface area (Å²) in [6.07, 6.45) is 0.703. The van der Waals surface area contributed by atoms with Crippen molar-refractivity contribution in [3.63, 3.8) is 0 Å². The fourth-order valence-corrected chi connectivity index (χ4v) is 2.72. The van der Waals surface area contributed by atoms with Crippen LogP contribution in [0.15, 0.2) is 57.9 Å². The van der Waals surface area contributed by atoms with Gasteiger partial charge in [-0.3, -0.25) is 4.79 Å².